The summed E-state index contributed by atoms with van der Waals surface area (Å²) in [5.74, 6) is -8.73. The molecule has 2 amide bonds. The van der Waals surface area contributed by atoms with Gasteiger partial charge in [-0.05, 0) is 34.6 Å². The van der Waals surface area contributed by atoms with E-state index >= 15 is 0 Å². The number of nitrogens with one attached hydrogen (secondary N) is 2. The lowest BCUT2D eigenvalue weighted by molar-refractivity contribution is -0.139. The Balaban J connectivity index is 1.11. The molecule has 178 valence electrons. The molecule has 3 aliphatic rings. The summed E-state index contributed by atoms with van der Waals surface area (Å²) >= 11 is 0. The second kappa shape index (κ2) is 8.38. The summed E-state index contributed by atoms with van der Waals surface area (Å²) in [4.78, 5) is 35.2. The van der Waals surface area contributed by atoms with Gasteiger partial charge in [0.15, 0.2) is 0 Å². The predicted octanol–water partition coefficient (Wildman–Crippen LogP) is 3.24. The van der Waals surface area contributed by atoms with Crippen molar-refractivity contribution in [2.45, 2.75) is 18.3 Å². The van der Waals surface area contributed by atoms with E-state index in [4.69, 9.17) is 9.84 Å². The van der Waals surface area contributed by atoms with Crippen LogP contribution in [-0.4, -0.2) is 48.7 Å². The molecule has 2 saturated carbocycles. The summed E-state index contributed by atoms with van der Waals surface area (Å²) in [5, 5.41) is 13.7. The van der Waals surface area contributed by atoms with Crippen molar-refractivity contribution in [3.63, 3.8) is 0 Å². The van der Waals surface area contributed by atoms with Gasteiger partial charge < -0.3 is 20.5 Å². The Morgan fingerprint density at radius 1 is 0.971 bits per heavy atom. The van der Waals surface area contributed by atoms with Crippen LogP contribution in [0.1, 0.15) is 23.5 Å². The molecule has 34 heavy (non-hydrogen) atoms. The number of hydrogen-bond donors (Lipinski definition) is 3. The van der Waals surface area contributed by atoms with Crippen LogP contribution in [0.15, 0.2) is 48.5 Å². The highest BCUT2D eigenvalue weighted by molar-refractivity contribution is 5.84. The van der Waals surface area contributed by atoms with Crippen molar-refractivity contribution in [3.05, 3.63) is 59.7 Å². The summed E-state index contributed by atoms with van der Waals surface area (Å²) in [6.07, 6.45) is -0.380. The van der Waals surface area contributed by atoms with Crippen molar-refractivity contribution in [2.24, 2.45) is 23.7 Å². The highest BCUT2D eigenvalue weighted by Gasteiger charge is 2.71. The second-order valence-electron chi connectivity index (χ2n) is 9.15. The third-order valence-corrected chi connectivity index (χ3v) is 7.07. The lowest BCUT2D eigenvalue weighted by atomic mass is 9.98. The molecular weight excluding hydrogens is 446 g/mol. The number of benzene rings is 2. The van der Waals surface area contributed by atoms with Crippen molar-refractivity contribution in [1.29, 1.82) is 0 Å². The number of alkyl carbamates (subject to hydrolysis) is 1. The molecule has 5 rings (SSSR count). The topological polar surface area (TPSA) is 105 Å². The number of aliphatic carboxylic acids is 1. The molecule has 0 spiro atoms. The van der Waals surface area contributed by atoms with Gasteiger partial charge in [-0.2, -0.15) is 0 Å². The van der Waals surface area contributed by atoms with Crippen LogP contribution in [0, 0.1) is 23.7 Å². The molecular formula is C25H24F2N2O5. The zero-order valence-corrected chi connectivity index (χ0v) is 18.2. The number of rotatable bonds is 8. The summed E-state index contributed by atoms with van der Waals surface area (Å²) in [5.41, 5.74) is 4.25. The second-order valence-corrected chi connectivity index (χ2v) is 9.15. The Hall–Kier alpha value is -3.49. The fourth-order valence-corrected chi connectivity index (χ4v) is 4.96. The number of ether oxygens (including phenoxy) is 1. The smallest absolute Gasteiger partial charge is 0.407 e. The quantitative estimate of drug-likeness (QED) is 0.550. The maximum Gasteiger partial charge on any atom is 0.407 e. The molecule has 2 aromatic rings. The van der Waals surface area contributed by atoms with E-state index in [1.807, 2.05) is 48.5 Å². The fraction of sp³-hybridized carbons (Fsp3) is 0.400. The minimum absolute atomic E-state index is 0.0644. The highest BCUT2D eigenvalue weighted by atomic mass is 19.3. The Kier molecular flexibility index (Phi) is 5.50. The zero-order chi connectivity index (χ0) is 24.0. The van der Waals surface area contributed by atoms with Crippen LogP contribution in [0.3, 0.4) is 0 Å². The molecule has 2 fully saturated rings. The highest BCUT2D eigenvalue weighted by Crippen LogP contribution is 2.55. The molecule has 0 heterocycles. The van der Waals surface area contributed by atoms with Crippen molar-refractivity contribution in [2.75, 3.05) is 19.7 Å². The summed E-state index contributed by atoms with van der Waals surface area (Å²) in [7, 11) is 0. The lowest BCUT2D eigenvalue weighted by Gasteiger charge is -2.14. The molecule has 4 atom stereocenters. The van der Waals surface area contributed by atoms with Crippen LogP contribution >= 0.6 is 0 Å². The first-order valence-electron chi connectivity index (χ1n) is 11.3. The third-order valence-electron chi connectivity index (χ3n) is 7.07. The first kappa shape index (κ1) is 22.3. The van der Waals surface area contributed by atoms with Gasteiger partial charge in [0.25, 0.3) is 5.92 Å². The standard InChI is InChI=1S/C25H24F2N2O5/c26-25(27)20(21(25)22(30)28-10-13-9-18(13)23(31)32)11-29-24(33)34-12-19-16-7-3-1-5-14(16)15-6-2-4-8-17(15)19/h1-8,13,18-21H,9-12H2,(H,28,30)(H,29,33)(H,31,32)/t13-,18-,20+,21+/m1/s1. The molecule has 0 saturated heterocycles. The first-order valence-corrected chi connectivity index (χ1v) is 11.3. The zero-order valence-electron chi connectivity index (χ0n) is 18.2. The number of amides is 2. The largest absolute Gasteiger partial charge is 0.481 e. The molecule has 3 aliphatic carbocycles. The summed E-state index contributed by atoms with van der Waals surface area (Å²) < 4.78 is 33.6. The molecule has 0 aromatic heterocycles. The van der Waals surface area contributed by atoms with Crippen molar-refractivity contribution in [3.8, 4) is 11.1 Å². The number of hydrogen-bond acceptors (Lipinski definition) is 4. The molecule has 0 unspecified atom stereocenters. The van der Waals surface area contributed by atoms with Crippen LogP contribution in [0.25, 0.3) is 11.1 Å². The number of alkyl halides is 2. The van der Waals surface area contributed by atoms with Crippen LogP contribution in [0.4, 0.5) is 13.6 Å². The normalized spacial score (nSPS) is 25.6. The molecule has 2 aromatic carbocycles. The number of carbonyl (C=O) groups excluding carboxylic acids is 2. The SMILES string of the molecule is O=C(NC[C@H]1[C@@H](C(=O)NC[C@H]2C[C@H]2C(=O)O)C1(F)F)OCC1c2ccccc2-c2ccccc21. The maximum absolute atomic E-state index is 14.1. The van der Waals surface area contributed by atoms with Crippen LogP contribution in [0.5, 0.6) is 0 Å². The minimum Gasteiger partial charge on any atom is -0.481 e. The van der Waals surface area contributed by atoms with Crippen molar-refractivity contribution >= 4 is 18.0 Å². The number of halogens is 2. The minimum atomic E-state index is -3.23. The van der Waals surface area contributed by atoms with Gasteiger partial charge in [-0.15, -0.1) is 0 Å². The van der Waals surface area contributed by atoms with E-state index in [0.717, 1.165) is 22.3 Å². The van der Waals surface area contributed by atoms with Crippen molar-refractivity contribution in [1.82, 2.24) is 10.6 Å². The average molecular weight is 470 g/mol. The molecule has 7 nitrogen and oxygen atoms in total. The van der Waals surface area contributed by atoms with E-state index in [1.165, 1.54) is 0 Å². The van der Waals surface area contributed by atoms with Crippen molar-refractivity contribution < 1.29 is 33.0 Å². The number of carboxylic acid groups (broad SMARTS) is 1. The first-order chi connectivity index (χ1) is 16.3. The third kappa shape index (κ3) is 3.99. The Bertz CT molecular complexity index is 1110. The van der Waals surface area contributed by atoms with Crippen LogP contribution in [-0.2, 0) is 14.3 Å². The van der Waals surface area contributed by atoms with Gasteiger partial charge in [-0.25, -0.2) is 13.6 Å². The van der Waals surface area contributed by atoms with Gasteiger partial charge in [-0.1, -0.05) is 48.5 Å². The van der Waals surface area contributed by atoms with Crippen LogP contribution in [0.2, 0.25) is 0 Å². The van der Waals surface area contributed by atoms with Gasteiger partial charge in [0.05, 0.1) is 11.8 Å². The van der Waals surface area contributed by atoms with E-state index in [2.05, 4.69) is 10.6 Å². The Labute approximate surface area is 194 Å². The van der Waals surface area contributed by atoms with E-state index in [1.54, 1.807) is 0 Å². The molecule has 0 aliphatic heterocycles. The van der Waals surface area contributed by atoms with Gasteiger partial charge >= 0.3 is 12.1 Å². The summed E-state index contributed by atoms with van der Waals surface area (Å²) in [6, 6.07) is 15.7. The van der Waals surface area contributed by atoms with E-state index in [-0.39, 0.29) is 31.5 Å². The Morgan fingerprint density at radius 3 is 2.18 bits per heavy atom. The predicted molar refractivity (Wildman–Crippen MR) is 117 cm³/mol. The summed E-state index contributed by atoms with van der Waals surface area (Å²) in [6.45, 7) is -0.255. The van der Waals surface area contributed by atoms with E-state index in [9.17, 15) is 23.2 Å². The molecule has 0 radical (unpaired) electrons. The van der Waals surface area contributed by atoms with E-state index in [0.29, 0.717) is 6.42 Å². The number of carbonyl (C=O) groups is 3. The monoisotopic (exact) mass is 470 g/mol. The fourth-order valence-electron chi connectivity index (χ4n) is 4.96. The van der Waals surface area contributed by atoms with Gasteiger partial charge in [-0.3, -0.25) is 9.59 Å². The average Bonchev–Trinajstić information content (AvgIpc) is 3.68. The Morgan fingerprint density at radius 2 is 1.59 bits per heavy atom. The maximum atomic E-state index is 14.1. The van der Waals surface area contributed by atoms with Gasteiger partial charge in [0.2, 0.25) is 5.91 Å². The molecule has 3 N–H and O–H groups in total. The number of carboxylic acids is 1. The molecule has 9 heteroatoms. The number of fused-ring (bicyclic) bond motifs is 3. The van der Waals surface area contributed by atoms with Crippen LogP contribution < -0.4 is 10.6 Å². The van der Waals surface area contributed by atoms with Gasteiger partial charge in [0, 0.05) is 19.0 Å². The molecule has 0 bridgehead atoms. The lowest BCUT2D eigenvalue weighted by Crippen LogP contribution is -2.31. The van der Waals surface area contributed by atoms with E-state index < -0.39 is 41.6 Å². The van der Waals surface area contributed by atoms with Gasteiger partial charge in [0.1, 0.15) is 12.5 Å².